The second kappa shape index (κ2) is 4.11. The number of carbonyl (C=O) groups excluding carboxylic acids is 2. The van der Waals surface area contributed by atoms with Crippen LogP contribution in [0.2, 0.25) is 5.02 Å². The van der Waals surface area contributed by atoms with Crippen LogP contribution in [0, 0.1) is 0 Å². The first-order valence-electron chi connectivity index (χ1n) is 3.74. The van der Waals surface area contributed by atoms with Crippen LogP contribution >= 0.6 is 11.6 Å². The van der Waals surface area contributed by atoms with Crippen molar-refractivity contribution in [2.45, 2.75) is 0 Å². The van der Waals surface area contributed by atoms with E-state index in [1.165, 1.54) is 25.3 Å². The first-order chi connectivity index (χ1) is 6.56. The summed E-state index contributed by atoms with van der Waals surface area (Å²) >= 11 is 5.72. The molecule has 0 aliphatic carbocycles. The summed E-state index contributed by atoms with van der Waals surface area (Å²) in [5.74, 6) is -1.14. The van der Waals surface area contributed by atoms with E-state index in [-0.39, 0.29) is 16.1 Å². The Bertz CT molecular complexity index is 390. The second-order valence-corrected chi connectivity index (χ2v) is 2.96. The predicted molar refractivity (Wildman–Crippen MR) is 51.3 cm³/mol. The maximum absolute atomic E-state index is 11.0. The van der Waals surface area contributed by atoms with Crippen LogP contribution in [-0.2, 0) is 4.74 Å². The number of amides is 1. The SMILES string of the molecule is COC(=O)c1ccc(C(N)=O)c(Cl)c1. The predicted octanol–water partition coefficient (Wildman–Crippen LogP) is 1.23. The van der Waals surface area contributed by atoms with E-state index in [1.54, 1.807) is 0 Å². The Morgan fingerprint density at radius 2 is 2.07 bits per heavy atom. The van der Waals surface area contributed by atoms with Crippen molar-refractivity contribution in [3.63, 3.8) is 0 Å². The highest BCUT2D eigenvalue weighted by atomic mass is 35.5. The molecule has 2 N–H and O–H groups in total. The first kappa shape index (κ1) is 10.5. The molecule has 0 saturated heterocycles. The van der Waals surface area contributed by atoms with Crippen LogP contribution in [-0.4, -0.2) is 19.0 Å². The Balaban J connectivity index is 3.12. The zero-order valence-corrected chi connectivity index (χ0v) is 8.17. The molecule has 0 unspecified atom stereocenters. The Labute approximate surface area is 85.6 Å². The quantitative estimate of drug-likeness (QED) is 0.751. The smallest absolute Gasteiger partial charge is 0.337 e. The van der Waals surface area contributed by atoms with E-state index in [1.807, 2.05) is 0 Å². The highest BCUT2D eigenvalue weighted by Crippen LogP contribution is 2.17. The lowest BCUT2D eigenvalue weighted by atomic mass is 10.1. The number of halogens is 1. The average molecular weight is 214 g/mol. The van der Waals surface area contributed by atoms with Crippen LogP contribution in [0.25, 0.3) is 0 Å². The summed E-state index contributed by atoms with van der Waals surface area (Å²) in [7, 11) is 1.26. The molecule has 0 heterocycles. The molecule has 1 rings (SSSR count). The van der Waals surface area contributed by atoms with Gasteiger partial charge in [-0.15, -0.1) is 0 Å². The maximum atomic E-state index is 11.0. The average Bonchev–Trinajstić information content (AvgIpc) is 2.15. The summed E-state index contributed by atoms with van der Waals surface area (Å²) < 4.78 is 4.48. The largest absolute Gasteiger partial charge is 0.465 e. The van der Waals surface area contributed by atoms with Gasteiger partial charge in [0.1, 0.15) is 0 Å². The van der Waals surface area contributed by atoms with E-state index in [2.05, 4.69) is 4.74 Å². The van der Waals surface area contributed by atoms with Gasteiger partial charge in [0.15, 0.2) is 0 Å². The van der Waals surface area contributed by atoms with Gasteiger partial charge in [-0.3, -0.25) is 4.79 Å². The number of benzene rings is 1. The van der Waals surface area contributed by atoms with Gasteiger partial charge in [0.2, 0.25) is 5.91 Å². The molecule has 14 heavy (non-hydrogen) atoms. The van der Waals surface area contributed by atoms with E-state index < -0.39 is 11.9 Å². The lowest BCUT2D eigenvalue weighted by Crippen LogP contribution is -2.12. The number of ether oxygens (including phenoxy) is 1. The topological polar surface area (TPSA) is 69.4 Å². The lowest BCUT2D eigenvalue weighted by molar-refractivity contribution is 0.0600. The minimum Gasteiger partial charge on any atom is -0.465 e. The lowest BCUT2D eigenvalue weighted by Gasteiger charge is -2.02. The fourth-order valence-corrected chi connectivity index (χ4v) is 1.23. The molecule has 1 aromatic rings. The van der Waals surface area contributed by atoms with E-state index in [4.69, 9.17) is 17.3 Å². The Kier molecular flexibility index (Phi) is 3.09. The Morgan fingerprint density at radius 3 is 2.50 bits per heavy atom. The molecule has 0 radical (unpaired) electrons. The summed E-state index contributed by atoms with van der Waals surface area (Å²) in [6.07, 6.45) is 0. The molecule has 74 valence electrons. The minimum atomic E-state index is -0.633. The number of nitrogens with two attached hydrogens (primary N) is 1. The Hall–Kier alpha value is -1.55. The summed E-state index contributed by atoms with van der Waals surface area (Å²) in [5, 5.41) is 0.139. The Morgan fingerprint density at radius 1 is 1.43 bits per heavy atom. The molecule has 0 aliphatic heterocycles. The van der Waals surface area contributed by atoms with Crippen LogP contribution in [0.15, 0.2) is 18.2 Å². The standard InChI is InChI=1S/C9H8ClNO3/c1-14-9(13)5-2-3-6(8(11)12)7(10)4-5/h2-4H,1H3,(H2,11,12). The zero-order valence-electron chi connectivity index (χ0n) is 7.41. The van der Waals surface area contributed by atoms with E-state index in [0.717, 1.165) is 0 Å². The van der Waals surface area contributed by atoms with Gasteiger partial charge < -0.3 is 10.5 Å². The fraction of sp³-hybridized carbons (Fsp3) is 0.111. The molecule has 1 aromatic carbocycles. The van der Waals surface area contributed by atoms with Gasteiger partial charge in [-0.05, 0) is 18.2 Å². The van der Waals surface area contributed by atoms with Gasteiger partial charge in [0.05, 0.1) is 23.3 Å². The van der Waals surface area contributed by atoms with Crippen LogP contribution in [0.5, 0.6) is 0 Å². The van der Waals surface area contributed by atoms with E-state index in [9.17, 15) is 9.59 Å². The van der Waals surface area contributed by atoms with Crippen LogP contribution in [0.1, 0.15) is 20.7 Å². The van der Waals surface area contributed by atoms with Gasteiger partial charge in [-0.2, -0.15) is 0 Å². The molecule has 4 nitrogen and oxygen atoms in total. The number of rotatable bonds is 2. The monoisotopic (exact) mass is 213 g/mol. The maximum Gasteiger partial charge on any atom is 0.337 e. The van der Waals surface area contributed by atoms with Crippen molar-refractivity contribution >= 4 is 23.5 Å². The van der Waals surface area contributed by atoms with Gasteiger partial charge in [0, 0.05) is 0 Å². The third kappa shape index (κ3) is 2.03. The van der Waals surface area contributed by atoms with Crippen LogP contribution in [0.3, 0.4) is 0 Å². The molecule has 0 atom stereocenters. The highest BCUT2D eigenvalue weighted by Gasteiger charge is 2.11. The molecule has 0 aliphatic rings. The fourth-order valence-electron chi connectivity index (χ4n) is 0.960. The normalized spacial score (nSPS) is 9.57. The van der Waals surface area contributed by atoms with Crippen molar-refractivity contribution in [2.24, 2.45) is 5.73 Å². The summed E-state index contributed by atoms with van der Waals surface area (Å²) in [6.45, 7) is 0. The zero-order chi connectivity index (χ0) is 10.7. The van der Waals surface area contributed by atoms with Crippen molar-refractivity contribution in [1.29, 1.82) is 0 Å². The molecule has 0 aromatic heterocycles. The molecule has 0 spiro atoms. The number of carbonyl (C=O) groups is 2. The van der Waals surface area contributed by atoms with Crippen LogP contribution < -0.4 is 5.73 Å². The molecule has 0 fully saturated rings. The third-order valence-electron chi connectivity index (χ3n) is 1.66. The van der Waals surface area contributed by atoms with Crippen molar-refractivity contribution in [1.82, 2.24) is 0 Å². The first-order valence-corrected chi connectivity index (χ1v) is 4.11. The molecular weight excluding hydrogens is 206 g/mol. The number of esters is 1. The van der Waals surface area contributed by atoms with Gasteiger partial charge in [0.25, 0.3) is 0 Å². The van der Waals surface area contributed by atoms with Crippen LogP contribution in [0.4, 0.5) is 0 Å². The number of primary amides is 1. The minimum absolute atomic E-state index is 0.139. The van der Waals surface area contributed by atoms with Crippen molar-refractivity contribution in [2.75, 3.05) is 7.11 Å². The molecule has 1 amide bonds. The van der Waals surface area contributed by atoms with Gasteiger partial charge >= 0.3 is 5.97 Å². The van der Waals surface area contributed by atoms with Gasteiger partial charge in [-0.25, -0.2) is 4.79 Å². The summed E-state index contributed by atoms with van der Waals surface area (Å²) in [6, 6.07) is 4.15. The molecular formula is C9H8ClNO3. The van der Waals surface area contributed by atoms with Crippen molar-refractivity contribution in [3.8, 4) is 0 Å². The number of methoxy groups -OCH3 is 1. The number of hydrogen-bond acceptors (Lipinski definition) is 3. The molecule has 0 bridgehead atoms. The molecule has 5 heteroatoms. The summed E-state index contributed by atoms with van der Waals surface area (Å²) in [5.41, 5.74) is 5.49. The number of hydrogen-bond donors (Lipinski definition) is 1. The third-order valence-corrected chi connectivity index (χ3v) is 1.97. The highest BCUT2D eigenvalue weighted by molar-refractivity contribution is 6.34. The summed E-state index contributed by atoms with van der Waals surface area (Å²) in [4.78, 5) is 21.8. The van der Waals surface area contributed by atoms with E-state index in [0.29, 0.717) is 0 Å². The van der Waals surface area contributed by atoms with Crippen molar-refractivity contribution < 1.29 is 14.3 Å². The van der Waals surface area contributed by atoms with E-state index >= 15 is 0 Å². The molecule has 0 saturated carbocycles. The van der Waals surface area contributed by atoms with Crippen molar-refractivity contribution in [3.05, 3.63) is 34.3 Å². The second-order valence-electron chi connectivity index (χ2n) is 2.55. The van der Waals surface area contributed by atoms with Gasteiger partial charge in [-0.1, -0.05) is 11.6 Å².